The first-order valence-electron chi connectivity index (χ1n) is 13.6. The van der Waals surface area contributed by atoms with Gasteiger partial charge in [-0.1, -0.05) is 36.0 Å². The van der Waals surface area contributed by atoms with Gasteiger partial charge >= 0.3 is 12.1 Å². The van der Waals surface area contributed by atoms with Gasteiger partial charge in [-0.3, -0.25) is 9.48 Å². The van der Waals surface area contributed by atoms with Gasteiger partial charge in [0.1, 0.15) is 5.03 Å². The van der Waals surface area contributed by atoms with Crippen LogP contribution in [0.5, 0.6) is 0 Å². The Morgan fingerprint density at radius 1 is 1.00 bits per heavy atom. The molecule has 1 aromatic heterocycles. The number of carboxylic acids is 1. The van der Waals surface area contributed by atoms with E-state index in [0.717, 1.165) is 30.5 Å². The number of alkyl halides is 3. The fraction of sp³-hybridized carbons (Fsp3) is 0.152. The van der Waals surface area contributed by atoms with Crippen LogP contribution >= 0.6 is 11.8 Å². The van der Waals surface area contributed by atoms with Gasteiger partial charge in [-0.2, -0.15) is 23.5 Å². The van der Waals surface area contributed by atoms with Crippen molar-refractivity contribution in [3.8, 4) is 17.2 Å². The van der Waals surface area contributed by atoms with E-state index in [1.54, 1.807) is 36.4 Å². The number of halogens is 3. The molecule has 1 aliphatic carbocycles. The minimum absolute atomic E-state index is 0.129. The number of aromatic nitrogens is 2. The third-order valence-electron chi connectivity index (χ3n) is 7.29. The summed E-state index contributed by atoms with van der Waals surface area (Å²) in [5.74, 6) is -1.45. The average Bonchev–Trinajstić information content (AvgIpc) is 3.81. The number of amides is 1. The Morgan fingerprint density at radius 2 is 1.73 bits per heavy atom. The number of benzene rings is 4. The average molecular weight is 613 g/mol. The lowest BCUT2D eigenvalue weighted by Crippen LogP contribution is -2.23. The van der Waals surface area contributed by atoms with E-state index in [4.69, 9.17) is 5.10 Å². The van der Waals surface area contributed by atoms with Crippen molar-refractivity contribution in [3.05, 3.63) is 113 Å². The summed E-state index contributed by atoms with van der Waals surface area (Å²) in [5.41, 5.74) is 3.02. The Balaban J connectivity index is 1.43. The van der Waals surface area contributed by atoms with Crippen LogP contribution in [0.1, 0.15) is 56.3 Å². The summed E-state index contributed by atoms with van der Waals surface area (Å²) in [7, 11) is 0. The van der Waals surface area contributed by atoms with E-state index in [2.05, 4.69) is 11.4 Å². The highest BCUT2D eigenvalue weighted by molar-refractivity contribution is 7.99. The van der Waals surface area contributed by atoms with Gasteiger partial charge in [0.05, 0.1) is 39.9 Å². The number of hydrogen-bond donors (Lipinski definition) is 2. The summed E-state index contributed by atoms with van der Waals surface area (Å²) in [6.07, 6.45) is -2.64. The monoisotopic (exact) mass is 612 g/mol. The maximum atomic E-state index is 13.8. The second kappa shape index (κ2) is 11.5. The van der Waals surface area contributed by atoms with E-state index in [-0.39, 0.29) is 18.2 Å². The van der Waals surface area contributed by atoms with E-state index < -0.39 is 23.6 Å². The number of fused-ring (bicyclic) bond motifs is 1. The fourth-order valence-electron chi connectivity index (χ4n) is 4.88. The molecular weight excluding hydrogens is 589 g/mol. The van der Waals surface area contributed by atoms with Gasteiger partial charge in [0, 0.05) is 16.8 Å². The molecule has 0 radical (unpaired) electrons. The number of carbonyl (C=O) groups excluding carboxylic acids is 1. The summed E-state index contributed by atoms with van der Waals surface area (Å²) in [6.45, 7) is 0.131. The Morgan fingerprint density at radius 3 is 2.36 bits per heavy atom. The van der Waals surface area contributed by atoms with Crippen LogP contribution in [-0.4, -0.2) is 26.8 Å². The van der Waals surface area contributed by atoms with Gasteiger partial charge in [0.15, 0.2) is 0 Å². The van der Waals surface area contributed by atoms with Crippen LogP contribution in [0.3, 0.4) is 0 Å². The van der Waals surface area contributed by atoms with Crippen LogP contribution < -0.4 is 5.32 Å². The molecule has 7 nitrogen and oxygen atoms in total. The van der Waals surface area contributed by atoms with E-state index in [1.165, 1.54) is 36.0 Å². The van der Waals surface area contributed by atoms with Crippen molar-refractivity contribution in [3.63, 3.8) is 0 Å². The lowest BCUT2D eigenvalue weighted by molar-refractivity contribution is -0.137. The zero-order valence-electron chi connectivity index (χ0n) is 22.9. The predicted octanol–water partition coefficient (Wildman–Crippen LogP) is 7.71. The summed E-state index contributed by atoms with van der Waals surface area (Å²) in [5, 5.41) is 27.4. The van der Waals surface area contributed by atoms with Crippen LogP contribution in [0.25, 0.3) is 22.0 Å². The number of hydrogen-bond acceptors (Lipinski definition) is 5. The van der Waals surface area contributed by atoms with Gasteiger partial charge in [0.2, 0.25) is 0 Å². The van der Waals surface area contributed by atoms with Gasteiger partial charge in [-0.05, 0) is 90.2 Å². The third kappa shape index (κ3) is 6.02. The number of aromatic carboxylic acids is 1. The van der Waals surface area contributed by atoms with Crippen molar-refractivity contribution in [1.82, 2.24) is 15.1 Å². The molecule has 6 rings (SSSR count). The van der Waals surface area contributed by atoms with E-state index in [9.17, 15) is 33.1 Å². The molecular formula is C33H23F3N4O3S. The zero-order chi connectivity index (χ0) is 31.0. The molecule has 1 heterocycles. The van der Waals surface area contributed by atoms with Gasteiger partial charge in [0.25, 0.3) is 5.91 Å². The standard InChI is InChI=1S/C33H23F3N4O3S/c34-33(35,36)24-8-12-26(13-9-24)44-31-29-27(30(41)38-18-19-4-6-21(7-5-19)32(42)43)15-23(22-3-1-2-20(14-22)17-37)16-28(29)40(39-31)25-10-11-25/h1-9,12-16,25H,10-11,18H2,(H,38,41)(H,42,43). The molecule has 220 valence electrons. The van der Waals surface area contributed by atoms with Gasteiger partial charge in [-0.15, -0.1) is 0 Å². The SMILES string of the molecule is N#Cc1cccc(-c2cc(C(=O)NCc3ccc(C(=O)O)cc3)c3c(Sc4ccc(C(F)(F)F)cc4)nn(C4CC4)c3c2)c1. The number of nitrogens with one attached hydrogen (secondary N) is 1. The van der Waals surface area contributed by atoms with Crippen molar-refractivity contribution < 1.29 is 27.9 Å². The van der Waals surface area contributed by atoms with E-state index in [0.29, 0.717) is 43.1 Å². The number of nitrogens with zero attached hydrogens (tertiary/aromatic N) is 3. The summed E-state index contributed by atoms with van der Waals surface area (Å²) in [4.78, 5) is 25.6. The third-order valence-corrected chi connectivity index (χ3v) is 8.28. The van der Waals surface area contributed by atoms with Crippen molar-refractivity contribution in [2.24, 2.45) is 0 Å². The summed E-state index contributed by atoms with van der Waals surface area (Å²) < 4.78 is 41.4. The number of carboxylic acid groups (broad SMARTS) is 1. The van der Waals surface area contributed by atoms with Gasteiger partial charge < -0.3 is 10.4 Å². The molecule has 1 fully saturated rings. The highest BCUT2D eigenvalue weighted by atomic mass is 32.2. The molecule has 0 bridgehead atoms. The maximum Gasteiger partial charge on any atom is 0.416 e. The second-order valence-corrected chi connectivity index (χ2v) is 11.5. The molecule has 1 saturated carbocycles. The molecule has 44 heavy (non-hydrogen) atoms. The van der Waals surface area contributed by atoms with Crippen molar-refractivity contribution in [2.75, 3.05) is 0 Å². The molecule has 5 aromatic rings. The summed E-state index contributed by atoms with van der Waals surface area (Å²) >= 11 is 1.18. The lowest BCUT2D eigenvalue weighted by Gasteiger charge is -2.12. The molecule has 11 heteroatoms. The Labute approximate surface area is 253 Å². The normalized spacial score (nSPS) is 13.0. The second-order valence-electron chi connectivity index (χ2n) is 10.4. The molecule has 1 amide bonds. The van der Waals surface area contributed by atoms with Crippen LogP contribution in [0.2, 0.25) is 0 Å². The molecule has 0 saturated heterocycles. The first-order valence-corrected chi connectivity index (χ1v) is 14.4. The number of nitriles is 1. The summed E-state index contributed by atoms with van der Waals surface area (Å²) in [6, 6.07) is 24.0. The van der Waals surface area contributed by atoms with Crippen LogP contribution in [0.4, 0.5) is 13.2 Å². The van der Waals surface area contributed by atoms with Crippen molar-refractivity contribution in [1.29, 1.82) is 5.26 Å². The van der Waals surface area contributed by atoms with E-state index in [1.807, 2.05) is 16.8 Å². The first-order chi connectivity index (χ1) is 21.1. The largest absolute Gasteiger partial charge is 0.478 e. The Hall–Kier alpha value is -5.08. The smallest absolute Gasteiger partial charge is 0.416 e. The Kier molecular flexibility index (Phi) is 7.61. The van der Waals surface area contributed by atoms with Gasteiger partial charge in [-0.25, -0.2) is 4.79 Å². The predicted molar refractivity (Wildman–Crippen MR) is 158 cm³/mol. The molecule has 1 aliphatic rings. The molecule has 0 aliphatic heterocycles. The highest BCUT2D eigenvalue weighted by Gasteiger charge is 2.31. The number of carbonyl (C=O) groups is 2. The number of rotatable bonds is 8. The minimum atomic E-state index is -4.46. The van der Waals surface area contributed by atoms with Crippen LogP contribution in [-0.2, 0) is 12.7 Å². The van der Waals surface area contributed by atoms with Crippen LogP contribution in [0, 0.1) is 11.3 Å². The topological polar surface area (TPSA) is 108 Å². The highest BCUT2D eigenvalue weighted by Crippen LogP contribution is 2.43. The quantitative estimate of drug-likeness (QED) is 0.186. The molecule has 0 spiro atoms. The van der Waals surface area contributed by atoms with E-state index >= 15 is 0 Å². The maximum absolute atomic E-state index is 13.8. The van der Waals surface area contributed by atoms with Crippen LogP contribution in [0.15, 0.2) is 94.9 Å². The lowest BCUT2D eigenvalue weighted by atomic mass is 9.98. The Bertz CT molecular complexity index is 1940. The molecule has 2 N–H and O–H groups in total. The van der Waals surface area contributed by atoms with Crippen molar-refractivity contribution >= 4 is 34.5 Å². The zero-order valence-corrected chi connectivity index (χ0v) is 23.7. The first kappa shape index (κ1) is 29.0. The van der Waals surface area contributed by atoms with Crippen molar-refractivity contribution in [2.45, 2.75) is 41.5 Å². The minimum Gasteiger partial charge on any atom is -0.478 e. The fourth-order valence-corrected chi connectivity index (χ4v) is 5.82. The molecule has 0 unspecified atom stereocenters. The molecule has 4 aromatic carbocycles. The molecule has 0 atom stereocenters.